The minimum absolute atomic E-state index is 0.0683. The highest BCUT2D eigenvalue weighted by molar-refractivity contribution is 6.29. The summed E-state index contributed by atoms with van der Waals surface area (Å²) in [5.74, 6) is 0.485. The molecule has 0 amide bonds. The van der Waals surface area contributed by atoms with Crippen LogP contribution in [0.25, 0.3) is 5.65 Å². The van der Waals surface area contributed by atoms with Gasteiger partial charge in [-0.1, -0.05) is 11.6 Å². The Morgan fingerprint density at radius 1 is 1.54 bits per heavy atom. The molecule has 2 aromatic rings. The summed E-state index contributed by atoms with van der Waals surface area (Å²) in [6.45, 7) is 0.191. The molecule has 12 heteroatoms. The number of anilines is 1. The molecule has 0 bridgehead atoms. The number of nitrogens with two attached hydrogens (primary N) is 2. The SMILES string of the molecule is NC1=NC(N)C(CCNc2nc(Cl)cc3ncnn23)([N+](=O)[O-])C=C1. The molecule has 0 aromatic carbocycles. The van der Waals surface area contributed by atoms with Crippen LogP contribution < -0.4 is 16.8 Å². The second kappa shape index (κ2) is 6.02. The second-order valence-corrected chi connectivity index (χ2v) is 5.58. The Morgan fingerprint density at radius 2 is 2.33 bits per heavy atom. The average Bonchev–Trinajstić information content (AvgIpc) is 2.97. The molecule has 0 aliphatic carbocycles. The van der Waals surface area contributed by atoms with Crippen molar-refractivity contribution in [1.29, 1.82) is 0 Å². The number of aliphatic imine (C=N–C) groups is 1. The van der Waals surface area contributed by atoms with E-state index >= 15 is 0 Å². The molecule has 3 heterocycles. The molecule has 2 atom stereocenters. The van der Waals surface area contributed by atoms with Gasteiger partial charge < -0.3 is 16.8 Å². The Hall–Kier alpha value is -2.79. The first kappa shape index (κ1) is 16.1. The molecule has 0 saturated carbocycles. The van der Waals surface area contributed by atoms with E-state index in [0.29, 0.717) is 11.6 Å². The van der Waals surface area contributed by atoms with E-state index in [1.54, 1.807) is 6.07 Å². The number of dihydropyridines is 1. The quantitative estimate of drug-likeness (QED) is 0.379. The van der Waals surface area contributed by atoms with Gasteiger partial charge in [0, 0.05) is 24.0 Å². The largest absolute Gasteiger partial charge is 0.384 e. The molecule has 1 aliphatic heterocycles. The van der Waals surface area contributed by atoms with Crippen molar-refractivity contribution >= 4 is 29.0 Å². The molecular weight excluding hydrogens is 338 g/mol. The van der Waals surface area contributed by atoms with Crippen LogP contribution in [0.1, 0.15) is 6.42 Å². The van der Waals surface area contributed by atoms with Crippen molar-refractivity contribution < 1.29 is 4.92 Å². The van der Waals surface area contributed by atoms with Gasteiger partial charge in [0.15, 0.2) is 11.8 Å². The third-order valence-electron chi connectivity index (χ3n) is 3.73. The second-order valence-electron chi connectivity index (χ2n) is 5.19. The van der Waals surface area contributed by atoms with E-state index in [2.05, 4.69) is 25.4 Å². The van der Waals surface area contributed by atoms with Crippen molar-refractivity contribution in [3.05, 3.63) is 39.8 Å². The maximum Gasteiger partial charge on any atom is 0.277 e. The summed E-state index contributed by atoms with van der Waals surface area (Å²) in [4.78, 5) is 23.1. The third kappa shape index (κ3) is 2.74. The number of aromatic nitrogens is 4. The highest BCUT2D eigenvalue weighted by Crippen LogP contribution is 2.25. The van der Waals surface area contributed by atoms with Crippen LogP contribution in [0.5, 0.6) is 0 Å². The maximum absolute atomic E-state index is 11.5. The van der Waals surface area contributed by atoms with Crippen LogP contribution in [-0.4, -0.2) is 48.6 Å². The summed E-state index contributed by atoms with van der Waals surface area (Å²) in [5.41, 5.74) is 10.3. The molecule has 0 spiro atoms. The van der Waals surface area contributed by atoms with Gasteiger partial charge in [0.1, 0.15) is 17.3 Å². The van der Waals surface area contributed by atoms with E-state index in [1.165, 1.54) is 23.0 Å². The Morgan fingerprint density at radius 3 is 3.04 bits per heavy atom. The van der Waals surface area contributed by atoms with Gasteiger partial charge in [0.2, 0.25) is 5.95 Å². The van der Waals surface area contributed by atoms with Crippen molar-refractivity contribution in [1.82, 2.24) is 19.6 Å². The molecule has 0 saturated heterocycles. The summed E-state index contributed by atoms with van der Waals surface area (Å²) < 4.78 is 1.44. The lowest BCUT2D eigenvalue weighted by Gasteiger charge is -2.28. The van der Waals surface area contributed by atoms with Gasteiger partial charge >= 0.3 is 0 Å². The van der Waals surface area contributed by atoms with E-state index in [-0.39, 0.29) is 24.0 Å². The number of nitrogens with zero attached hydrogens (tertiary/aromatic N) is 6. The van der Waals surface area contributed by atoms with Crippen LogP contribution in [-0.2, 0) is 0 Å². The fourth-order valence-corrected chi connectivity index (χ4v) is 2.60. The van der Waals surface area contributed by atoms with Crippen LogP contribution in [0.4, 0.5) is 5.95 Å². The first-order chi connectivity index (χ1) is 11.4. The molecule has 0 fully saturated rings. The zero-order chi connectivity index (χ0) is 17.3. The van der Waals surface area contributed by atoms with Crippen molar-refractivity contribution in [2.24, 2.45) is 16.5 Å². The number of nitro groups is 1. The number of fused-ring (bicyclic) bond motifs is 1. The van der Waals surface area contributed by atoms with Crippen LogP contribution in [0.3, 0.4) is 0 Å². The Bertz CT molecular complexity index is 848. The molecular formula is C12H14ClN9O2. The van der Waals surface area contributed by atoms with Gasteiger partial charge in [-0.25, -0.2) is 15.0 Å². The number of amidine groups is 1. The Labute approximate surface area is 140 Å². The van der Waals surface area contributed by atoms with Crippen molar-refractivity contribution in [3.63, 3.8) is 0 Å². The van der Waals surface area contributed by atoms with Crippen LogP contribution in [0.2, 0.25) is 5.15 Å². The molecule has 126 valence electrons. The van der Waals surface area contributed by atoms with E-state index in [4.69, 9.17) is 23.1 Å². The lowest BCUT2D eigenvalue weighted by molar-refractivity contribution is -0.559. The minimum Gasteiger partial charge on any atom is -0.384 e. The number of rotatable bonds is 5. The summed E-state index contributed by atoms with van der Waals surface area (Å²) in [6.07, 6.45) is 3.11. The molecule has 11 nitrogen and oxygen atoms in total. The predicted molar refractivity (Wildman–Crippen MR) is 87.4 cm³/mol. The zero-order valence-corrected chi connectivity index (χ0v) is 13.1. The van der Waals surface area contributed by atoms with Crippen molar-refractivity contribution in [3.8, 4) is 0 Å². The van der Waals surface area contributed by atoms with Crippen LogP contribution >= 0.6 is 11.6 Å². The number of nitrogens with one attached hydrogen (secondary N) is 1. The standard InChI is InChI=1S/C12H14ClN9O2/c13-7-5-9-17-6-18-21(9)11(19-7)16-4-3-12(22(23)24)2-1-8(14)20-10(12)15/h1-2,5-6,10H,3-4,15H2,(H2,14,20)(H,16,19). The van der Waals surface area contributed by atoms with Crippen molar-refractivity contribution in [2.45, 2.75) is 18.1 Å². The first-order valence-corrected chi connectivity index (χ1v) is 7.33. The third-order valence-corrected chi connectivity index (χ3v) is 3.92. The van der Waals surface area contributed by atoms with Gasteiger partial charge in [0.25, 0.3) is 5.54 Å². The molecule has 2 unspecified atom stereocenters. The van der Waals surface area contributed by atoms with E-state index in [1.807, 2.05) is 0 Å². The smallest absolute Gasteiger partial charge is 0.277 e. The summed E-state index contributed by atoms with van der Waals surface area (Å²) in [6, 6.07) is 1.55. The van der Waals surface area contributed by atoms with Crippen LogP contribution in [0, 0.1) is 10.1 Å². The van der Waals surface area contributed by atoms with Crippen LogP contribution in [0.15, 0.2) is 29.5 Å². The highest BCUT2D eigenvalue weighted by Gasteiger charge is 2.48. The molecule has 2 aromatic heterocycles. The normalized spacial score (nSPS) is 23.2. The van der Waals surface area contributed by atoms with Gasteiger partial charge in [-0.2, -0.15) is 9.61 Å². The summed E-state index contributed by atoms with van der Waals surface area (Å²) in [7, 11) is 0. The fraction of sp³-hybridized carbons (Fsp3) is 0.333. The topological polar surface area (TPSA) is 163 Å². The van der Waals surface area contributed by atoms with Gasteiger partial charge in [0.05, 0.1) is 0 Å². The van der Waals surface area contributed by atoms with E-state index in [0.717, 1.165) is 0 Å². The van der Waals surface area contributed by atoms with E-state index in [9.17, 15) is 10.1 Å². The first-order valence-electron chi connectivity index (χ1n) is 6.95. The fourth-order valence-electron chi connectivity index (χ4n) is 2.42. The Balaban J connectivity index is 1.78. The molecule has 5 N–H and O–H groups in total. The van der Waals surface area contributed by atoms with Gasteiger partial charge in [-0.3, -0.25) is 10.1 Å². The predicted octanol–water partition coefficient (Wildman–Crippen LogP) is -0.193. The van der Waals surface area contributed by atoms with Gasteiger partial charge in [-0.05, 0) is 12.2 Å². The zero-order valence-electron chi connectivity index (χ0n) is 12.3. The lowest BCUT2D eigenvalue weighted by Crippen LogP contribution is -2.54. The average molecular weight is 352 g/mol. The molecule has 0 radical (unpaired) electrons. The number of halogens is 1. The maximum atomic E-state index is 11.5. The van der Waals surface area contributed by atoms with Gasteiger partial charge in [-0.15, -0.1) is 0 Å². The number of hydrogen-bond donors (Lipinski definition) is 3. The highest BCUT2D eigenvalue weighted by atomic mass is 35.5. The summed E-state index contributed by atoms with van der Waals surface area (Å²) in [5, 5.41) is 18.7. The van der Waals surface area contributed by atoms with Crippen molar-refractivity contribution in [2.75, 3.05) is 11.9 Å². The monoisotopic (exact) mass is 351 g/mol. The molecule has 3 rings (SSSR count). The summed E-state index contributed by atoms with van der Waals surface area (Å²) >= 11 is 5.92. The Kier molecular flexibility index (Phi) is 4.03. The lowest BCUT2D eigenvalue weighted by atomic mass is 9.90. The molecule has 24 heavy (non-hydrogen) atoms. The number of hydrogen-bond acceptors (Lipinski definition) is 9. The molecule has 1 aliphatic rings. The van der Waals surface area contributed by atoms with E-state index < -0.39 is 16.6 Å². The minimum atomic E-state index is -1.55.